The number of benzene rings is 2. The average molecular weight is 279 g/mol. The minimum absolute atomic E-state index is 0.650. The number of hydrogen-bond donors (Lipinski definition) is 2. The van der Waals surface area contributed by atoms with E-state index in [2.05, 4.69) is 15.1 Å². The molecule has 0 spiro atoms. The molecule has 0 radical (unpaired) electrons. The summed E-state index contributed by atoms with van der Waals surface area (Å²) in [6, 6.07) is 15.9. The molecule has 0 unspecified atom stereocenters. The molecule has 1 heterocycles. The quantitative estimate of drug-likeness (QED) is 0.439. The number of rotatable bonds is 3. The molecule has 0 aliphatic rings. The highest BCUT2D eigenvalue weighted by molar-refractivity contribution is 6.11. The van der Waals surface area contributed by atoms with Crippen molar-refractivity contribution in [2.45, 2.75) is 0 Å². The summed E-state index contributed by atoms with van der Waals surface area (Å²) in [7, 11) is 4.01. The van der Waals surface area contributed by atoms with Crippen LogP contribution in [0.25, 0.3) is 11.0 Å². The van der Waals surface area contributed by atoms with Gasteiger partial charge < -0.3 is 15.7 Å². The van der Waals surface area contributed by atoms with Crippen molar-refractivity contribution in [2.24, 2.45) is 10.9 Å². The maximum absolute atomic E-state index is 5.57. The molecule has 0 atom stereocenters. The van der Waals surface area contributed by atoms with Crippen LogP contribution in [0, 0.1) is 0 Å². The van der Waals surface area contributed by atoms with Gasteiger partial charge in [0, 0.05) is 25.3 Å². The van der Waals surface area contributed by atoms with Crippen molar-refractivity contribution in [2.75, 3.05) is 19.0 Å². The molecule has 0 bridgehead atoms. The number of para-hydroxylation sites is 2. The Hall–Kier alpha value is -2.82. The average Bonchev–Trinajstić information content (AvgIpc) is 2.92. The van der Waals surface area contributed by atoms with Crippen molar-refractivity contribution in [1.29, 1.82) is 0 Å². The SMILES string of the molecule is CN(C)c1ccc(/C(=N\N)c2nc3ccccc3[nH]2)cc1. The van der Waals surface area contributed by atoms with Crippen LogP contribution in [0.3, 0.4) is 0 Å². The minimum Gasteiger partial charge on any atom is -0.378 e. The third-order valence-corrected chi connectivity index (χ3v) is 3.40. The highest BCUT2D eigenvalue weighted by Gasteiger charge is 2.12. The molecule has 0 fully saturated rings. The van der Waals surface area contributed by atoms with Crippen molar-refractivity contribution in [1.82, 2.24) is 9.97 Å². The van der Waals surface area contributed by atoms with E-state index in [0.29, 0.717) is 11.5 Å². The second-order valence-corrected chi connectivity index (χ2v) is 5.02. The standard InChI is InChI=1S/C16H17N5/c1-21(2)12-9-7-11(8-10-12)15(20-17)16-18-13-5-3-4-6-14(13)19-16/h3-10H,17H2,1-2H3,(H,18,19)/b20-15+. The summed E-state index contributed by atoms with van der Waals surface area (Å²) < 4.78 is 0. The number of nitrogens with two attached hydrogens (primary N) is 1. The number of hydrogen-bond acceptors (Lipinski definition) is 4. The third kappa shape index (κ3) is 2.45. The molecule has 3 rings (SSSR count). The van der Waals surface area contributed by atoms with Gasteiger partial charge in [0.25, 0.3) is 0 Å². The number of H-pyrrole nitrogens is 1. The molecule has 5 nitrogen and oxygen atoms in total. The van der Waals surface area contributed by atoms with Gasteiger partial charge in [0.2, 0.25) is 0 Å². The van der Waals surface area contributed by atoms with Crippen LogP contribution in [-0.2, 0) is 0 Å². The van der Waals surface area contributed by atoms with Crippen molar-refractivity contribution in [3.63, 3.8) is 0 Å². The number of aromatic amines is 1. The summed E-state index contributed by atoms with van der Waals surface area (Å²) in [5.41, 5.74) is 4.58. The molecule has 106 valence electrons. The van der Waals surface area contributed by atoms with Gasteiger partial charge >= 0.3 is 0 Å². The normalized spacial score (nSPS) is 11.8. The smallest absolute Gasteiger partial charge is 0.159 e. The predicted molar refractivity (Wildman–Crippen MR) is 86.7 cm³/mol. The Morgan fingerprint density at radius 3 is 2.43 bits per heavy atom. The second-order valence-electron chi connectivity index (χ2n) is 5.02. The largest absolute Gasteiger partial charge is 0.378 e. The first-order chi connectivity index (χ1) is 10.2. The first-order valence-corrected chi connectivity index (χ1v) is 6.70. The number of nitrogens with one attached hydrogen (secondary N) is 1. The van der Waals surface area contributed by atoms with E-state index >= 15 is 0 Å². The first-order valence-electron chi connectivity index (χ1n) is 6.70. The van der Waals surface area contributed by atoms with Gasteiger partial charge in [0.05, 0.1) is 11.0 Å². The molecule has 0 saturated heterocycles. The van der Waals surface area contributed by atoms with Crippen molar-refractivity contribution in [3.8, 4) is 0 Å². The van der Waals surface area contributed by atoms with Crippen LogP contribution in [0.1, 0.15) is 11.4 Å². The zero-order valence-electron chi connectivity index (χ0n) is 12.0. The topological polar surface area (TPSA) is 70.3 Å². The molecule has 0 saturated carbocycles. The minimum atomic E-state index is 0.650. The Kier molecular flexibility index (Phi) is 3.31. The lowest BCUT2D eigenvalue weighted by molar-refractivity contribution is 1.13. The van der Waals surface area contributed by atoms with Gasteiger partial charge in [-0.3, -0.25) is 0 Å². The van der Waals surface area contributed by atoms with Crippen molar-refractivity contribution < 1.29 is 0 Å². The van der Waals surface area contributed by atoms with Gasteiger partial charge in [-0.1, -0.05) is 24.3 Å². The van der Waals surface area contributed by atoms with Crippen LogP contribution >= 0.6 is 0 Å². The number of nitrogens with zero attached hydrogens (tertiary/aromatic N) is 3. The zero-order chi connectivity index (χ0) is 14.8. The summed E-state index contributed by atoms with van der Waals surface area (Å²) in [6.45, 7) is 0. The van der Waals surface area contributed by atoms with Crippen LogP contribution in [0.5, 0.6) is 0 Å². The molecule has 0 aliphatic carbocycles. The second kappa shape index (κ2) is 5.28. The van der Waals surface area contributed by atoms with Crippen molar-refractivity contribution >= 4 is 22.4 Å². The molecule has 0 amide bonds. The Balaban J connectivity index is 2.01. The van der Waals surface area contributed by atoms with E-state index in [1.54, 1.807) is 0 Å². The van der Waals surface area contributed by atoms with E-state index in [0.717, 1.165) is 22.3 Å². The van der Waals surface area contributed by atoms with Gasteiger partial charge in [0.15, 0.2) is 5.82 Å². The number of anilines is 1. The van der Waals surface area contributed by atoms with Crippen LogP contribution in [0.4, 0.5) is 5.69 Å². The number of aromatic nitrogens is 2. The fourth-order valence-corrected chi connectivity index (χ4v) is 2.25. The fourth-order valence-electron chi connectivity index (χ4n) is 2.25. The Morgan fingerprint density at radius 2 is 1.81 bits per heavy atom. The summed E-state index contributed by atoms with van der Waals surface area (Å²) in [5.74, 6) is 6.25. The highest BCUT2D eigenvalue weighted by atomic mass is 15.1. The first kappa shape index (κ1) is 13.2. The van der Waals surface area contributed by atoms with Crippen molar-refractivity contribution in [3.05, 3.63) is 59.9 Å². The fraction of sp³-hybridized carbons (Fsp3) is 0.125. The summed E-state index contributed by atoms with van der Waals surface area (Å²) in [5, 5.41) is 3.91. The number of fused-ring (bicyclic) bond motifs is 1. The zero-order valence-corrected chi connectivity index (χ0v) is 12.0. The van der Waals surface area contributed by atoms with Crippen LogP contribution in [-0.4, -0.2) is 29.8 Å². The van der Waals surface area contributed by atoms with Gasteiger partial charge in [0.1, 0.15) is 5.71 Å². The van der Waals surface area contributed by atoms with E-state index in [4.69, 9.17) is 5.84 Å². The third-order valence-electron chi connectivity index (χ3n) is 3.40. The number of hydrazone groups is 1. The lowest BCUT2D eigenvalue weighted by atomic mass is 10.1. The lowest BCUT2D eigenvalue weighted by Crippen LogP contribution is -2.11. The Bertz CT molecular complexity index is 751. The molecular formula is C16H17N5. The summed E-state index contributed by atoms with van der Waals surface area (Å²) in [4.78, 5) is 9.84. The van der Waals surface area contributed by atoms with E-state index in [-0.39, 0.29) is 0 Å². The molecule has 3 aromatic rings. The molecule has 21 heavy (non-hydrogen) atoms. The monoisotopic (exact) mass is 279 g/mol. The van der Waals surface area contributed by atoms with Crippen LogP contribution < -0.4 is 10.7 Å². The lowest BCUT2D eigenvalue weighted by Gasteiger charge is -2.12. The number of imidazole rings is 1. The van der Waals surface area contributed by atoms with Gasteiger partial charge in [-0.15, -0.1) is 0 Å². The van der Waals surface area contributed by atoms with Gasteiger partial charge in [-0.25, -0.2) is 4.98 Å². The Labute approximate surface area is 123 Å². The molecule has 5 heteroatoms. The predicted octanol–water partition coefficient (Wildman–Crippen LogP) is 2.34. The highest BCUT2D eigenvalue weighted by Crippen LogP contribution is 2.17. The molecular weight excluding hydrogens is 262 g/mol. The van der Waals surface area contributed by atoms with E-state index in [1.165, 1.54) is 0 Å². The van der Waals surface area contributed by atoms with Gasteiger partial charge in [-0.05, 0) is 24.3 Å². The van der Waals surface area contributed by atoms with Gasteiger partial charge in [-0.2, -0.15) is 5.10 Å². The Morgan fingerprint density at radius 1 is 1.10 bits per heavy atom. The maximum Gasteiger partial charge on any atom is 0.159 e. The molecule has 2 aromatic carbocycles. The van der Waals surface area contributed by atoms with E-state index < -0.39 is 0 Å². The summed E-state index contributed by atoms with van der Waals surface area (Å²) >= 11 is 0. The maximum atomic E-state index is 5.57. The van der Waals surface area contributed by atoms with E-state index in [9.17, 15) is 0 Å². The van der Waals surface area contributed by atoms with E-state index in [1.807, 2.05) is 67.5 Å². The van der Waals surface area contributed by atoms with Crippen LogP contribution in [0.2, 0.25) is 0 Å². The molecule has 1 aromatic heterocycles. The van der Waals surface area contributed by atoms with Crippen LogP contribution in [0.15, 0.2) is 53.6 Å². The summed E-state index contributed by atoms with van der Waals surface area (Å²) in [6.07, 6.45) is 0. The molecule has 3 N–H and O–H groups in total. The molecule has 0 aliphatic heterocycles.